The van der Waals surface area contributed by atoms with E-state index in [-0.39, 0.29) is 18.2 Å². The molecule has 120 valence electrons. The number of hydrogen-bond acceptors (Lipinski definition) is 3. The highest BCUT2D eigenvalue weighted by atomic mass is 19.4. The van der Waals surface area contributed by atoms with Gasteiger partial charge in [0.25, 0.3) is 0 Å². The van der Waals surface area contributed by atoms with Gasteiger partial charge in [-0.25, -0.2) is 10.4 Å². The highest BCUT2D eigenvalue weighted by Crippen LogP contribution is 2.37. The number of benzene rings is 1. The van der Waals surface area contributed by atoms with Crippen LogP contribution in [-0.2, 0) is 12.4 Å². The Labute approximate surface area is 117 Å². The molecule has 3 N–H and O–H groups in total. The fourth-order valence-electron chi connectivity index (χ4n) is 1.76. The van der Waals surface area contributed by atoms with Crippen LogP contribution in [0.4, 0.5) is 26.3 Å². The Balaban J connectivity index is 3.37. The first-order valence-electron chi connectivity index (χ1n) is 5.88. The van der Waals surface area contributed by atoms with E-state index in [0.29, 0.717) is 12.1 Å². The predicted octanol–water partition coefficient (Wildman–Crippen LogP) is 2.79. The molecule has 0 aromatic heterocycles. The van der Waals surface area contributed by atoms with Gasteiger partial charge >= 0.3 is 12.4 Å². The highest BCUT2D eigenvalue weighted by Gasteiger charge is 2.37. The van der Waals surface area contributed by atoms with Crippen molar-refractivity contribution in [1.29, 1.82) is 0 Å². The number of halogens is 6. The zero-order valence-electron chi connectivity index (χ0n) is 11.3. The number of nitrogens with zero attached hydrogens (tertiary/aromatic N) is 1. The van der Waals surface area contributed by atoms with Crippen LogP contribution in [0.5, 0.6) is 0 Å². The summed E-state index contributed by atoms with van der Waals surface area (Å²) < 4.78 is 76.4. The maximum Gasteiger partial charge on any atom is 0.416 e. The molecule has 1 rings (SSSR count). The second-order valence-electron chi connectivity index (χ2n) is 4.65. The minimum atomic E-state index is -4.87. The normalized spacial score (nSPS) is 14.6. The molecule has 1 atom stereocenters. The summed E-state index contributed by atoms with van der Waals surface area (Å²) in [6.45, 7) is -0.156. The summed E-state index contributed by atoms with van der Waals surface area (Å²) in [5, 5.41) is 1.41. The molecule has 9 heteroatoms. The minimum Gasteiger partial charge on any atom is -0.329 e. The molecule has 1 aromatic rings. The third-order valence-corrected chi connectivity index (χ3v) is 2.66. The molecule has 0 radical (unpaired) electrons. The average molecular weight is 315 g/mol. The molecule has 0 saturated heterocycles. The summed E-state index contributed by atoms with van der Waals surface area (Å²) in [5.41, 5.74) is 5.21. The summed E-state index contributed by atoms with van der Waals surface area (Å²) in [7, 11) is 3.11. The first kappa shape index (κ1) is 17.7. The van der Waals surface area contributed by atoms with E-state index in [4.69, 9.17) is 5.73 Å². The van der Waals surface area contributed by atoms with Crippen LogP contribution in [0.2, 0.25) is 0 Å². The number of rotatable bonds is 4. The van der Waals surface area contributed by atoms with Gasteiger partial charge in [-0.05, 0) is 23.8 Å². The van der Waals surface area contributed by atoms with Gasteiger partial charge in [-0.1, -0.05) is 0 Å². The number of hydrazine groups is 1. The average Bonchev–Trinajstić information content (AvgIpc) is 2.33. The molecule has 1 unspecified atom stereocenters. The van der Waals surface area contributed by atoms with Crippen LogP contribution in [0, 0.1) is 0 Å². The van der Waals surface area contributed by atoms with Crippen LogP contribution in [0.25, 0.3) is 0 Å². The summed E-state index contributed by atoms with van der Waals surface area (Å²) in [6, 6.07) is 0.572. The summed E-state index contributed by atoms with van der Waals surface area (Å²) >= 11 is 0. The minimum absolute atomic E-state index is 0.0900. The maximum absolute atomic E-state index is 12.7. The Morgan fingerprint density at radius 1 is 1.00 bits per heavy atom. The summed E-state index contributed by atoms with van der Waals surface area (Å²) in [4.78, 5) is 0. The maximum atomic E-state index is 12.7. The van der Waals surface area contributed by atoms with Gasteiger partial charge in [0, 0.05) is 20.6 Å². The molecular formula is C12H15F6N3. The van der Waals surface area contributed by atoms with Crippen molar-refractivity contribution in [2.75, 3.05) is 20.6 Å². The predicted molar refractivity (Wildman–Crippen MR) is 65.1 cm³/mol. The van der Waals surface area contributed by atoms with E-state index in [2.05, 4.69) is 5.43 Å². The molecule has 0 aliphatic rings. The molecule has 0 fully saturated rings. The third kappa shape index (κ3) is 4.87. The molecule has 0 aliphatic heterocycles. The lowest BCUT2D eigenvalue weighted by molar-refractivity contribution is -0.143. The smallest absolute Gasteiger partial charge is 0.329 e. The largest absolute Gasteiger partial charge is 0.416 e. The van der Waals surface area contributed by atoms with Gasteiger partial charge in [0.15, 0.2) is 0 Å². The van der Waals surface area contributed by atoms with Crippen LogP contribution >= 0.6 is 0 Å². The Hall–Kier alpha value is -1.32. The zero-order chi connectivity index (χ0) is 16.4. The molecule has 0 heterocycles. The van der Waals surface area contributed by atoms with E-state index >= 15 is 0 Å². The van der Waals surface area contributed by atoms with Gasteiger partial charge < -0.3 is 5.73 Å². The highest BCUT2D eigenvalue weighted by molar-refractivity contribution is 5.35. The Bertz CT molecular complexity index is 449. The van der Waals surface area contributed by atoms with Gasteiger partial charge in [0.2, 0.25) is 0 Å². The van der Waals surface area contributed by atoms with E-state index in [1.165, 1.54) is 5.01 Å². The van der Waals surface area contributed by atoms with Crippen molar-refractivity contribution in [2.45, 2.75) is 18.4 Å². The van der Waals surface area contributed by atoms with E-state index in [1.807, 2.05) is 0 Å². The quantitative estimate of drug-likeness (QED) is 0.663. The van der Waals surface area contributed by atoms with Crippen molar-refractivity contribution in [3.8, 4) is 0 Å². The first-order valence-corrected chi connectivity index (χ1v) is 5.88. The Morgan fingerprint density at radius 2 is 1.43 bits per heavy atom. The Kier molecular flexibility index (Phi) is 5.24. The van der Waals surface area contributed by atoms with E-state index < -0.39 is 29.5 Å². The van der Waals surface area contributed by atoms with E-state index in [1.54, 1.807) is 14.1 Å². The van der Waals surface area contributed by atoms with Crippen LogP contribution in [0.3, 0.4) is 0 Å². The lowest BCUT2D eigenvalue weighted by atomic mass is 10.00. The molecule has 21 heavy (non-hydrogen) atoms. The molecular weight excluding hydrogens is 300 g/mol. The number of nitrogens with one attached hydrogen (secondary N) is 1. The molecule has 0 amide bonds. The van der Waals surface area contributed by atoms with Crippen molar-refractivity contribution in [3.05, 3.63) is 34.9 Å². The molecule has 0 aliphatic carbocycles. The van der Waals surface area contributed by atoms with E-state index in [0.717, 1.165) is 0 Å². The third-order valence-electron chi connectivity index (χ3n) is 2.66. The van der Waals surface area contributed by atoms with Crippen molar-refractivity contribution < 1.29 is 26.3 Å². The second-order valence-corrected chi connectivity index (χ2v) is 4.65. The van der Waals surface area contributed by atoms with Gasteiger partial charge in [-0.2, -0.15) is 26.3 Å². The molecule has 0 saturated carbocycles. The monoisotopic (exact) mass is 315 g/mol. The first-order chi connectivity index (χ1) is 9.45. The van der Waals surface area contributed by atoms with Crippen molar-refractivity contribution in [1.82, 2.24) is 10.4 Å². The summed E-state index contributed by atoms with van der Waals surface area (Å²) in [5.74, 6) is 0. The number of hydrogen-bond donors (Lipinski definition) is 2. The van der Waals surface area contributed by atoms with Crippen LogP contribution < -0.4 is 11.2 Å². The van der Waals surface area contributed by atoms with Crippen molar-refractivity contribution in [2.24, 2.45) is 5.73 Å². The fourth-order valence-corrected chi connectivity index (χ4v) is 1.76. The zero-order valence-corrected chi connectivity index (χ0v) is 11.3. The van der Waals surface area contributed by atoms with Crippen LogP contribution in [0.1, 0.15) is 22.7 Å². The SMILES string of the molecule is CN(C)NC(CN)c1cc(C(F)(F)F)cc(C(F)(F)F)c1. The number of alkyl halides is 6. The van der Waals surface area contributed by atoms with Gasteiger partial charge in [-0.15, -0.1) is 0 Å². The number of nitrogens with two attached hydrogens (primary N) is 1. The van der Waals surface area contributed by atoms with Crippen molar-refractivity contribution >= 4 is 0 Å². The van der Waals surface area contributed by atoms with Crippen LogP contribution in [-0.4, -0.2) is 25.6 Å². The lowest BCUT2D eigenvalue weighted by Crippen LogP contribution is -2.38. The molecule has 0 bridgehead atoms. The summed E-state index contributed by atoms with van der Waals surface area (Å²) in [6.07, 6.45) is -9.74. The molecule has 3 nitrogen and oxygen atoms in total. The Morgan fingerprint density at radius 3 is 1.71 bits per heavy atom. The molecule has 0 spiro atoms. The van der Waals surface area contributed by atoms with E-state index in [9.17, 15) is 26.3 Å². The molecule has 1 aromatic carbocycles. The lowest BCUT2D eigenvalue weighted by Gasteiger charge is -2.24. The second kappa shape index (κ2) is 6.20. The standard InChI is InChI=1S/C12H15F6N3/c1-21(2)20-10(6-19)7-3-8(11(13,14)15)5-9(4-7)12(16,17)18/h3-5,10,20H,6,19H2,1-2H3. The van der Waals surface area contributed by atoms with Gasteiger partial charge in [0.1, 0.15) is 0 Å². The fraction of sp³-hybridized carbons (Fsp3) is 0.500. The van der Waals surface area contributed by atoms with Gasteiger partial charge in [0.05, 0.1) is 17.2 Å². The van der Waals surface area contributed by atoms with Crippen molar-refractivity contribution in [3.63, 3.8) is 0 Å². The van der Waals surface area contributed by atoms with Crippen LogP contribution in [0.15, 0.2) is 18.2 Å². The topological polar surface area (TPSA) is 41.3 Å². The van der Waals surface area contributed by atoms with Gasteiger partial charge in [-0.3, -0.25) is 0 Å².